The number of nitrogens with one attached hydrogen (secondary N) is 2. The molecule has 2 N–H and O–H groups in total. The fourth-order valence-corrected chi connectivity index (χ4v) is 4.53. The summed E-state index contributed by atoms with van der Waals surface area (Å²) in [6, 6.07) is 13.2. The minimum Gasteiger partial charge on any atom is -0.488 e. The fourth-order valence-electron chi connectivity index (χ4n) is 3.84. The number of ether oxygens (including phenoxy) is 1. The Morgan fingerprint density at radius 1 is 1.18 bits per heavy atom. The molecule has 2 amide bonds. The van der Waals surface area contributed by atoms with E-state index in [9.17, 15) is 9.59 Å². The lowest BCUT2D eigenvalue weighted by atomic mass is 9.81. The smallest absolute Gasteiger partial charge is 0.226 e. The second kappa shape index (κ2) is 6.91. The highest BCUT2D eigenvalue weighted by Crippen LogP contribution is 2.36. The van der Waals surface area contributed by atoms with Gasteiger partial charge in [-0.25, -0.2) is 4.98 Å². The number of carbonyl (C=O) groups excluding carboxylic acids is 2. The Bertz CT molecular complexity index is 1060. The molecule has 0 bridgehead atoms. The van der Waals surface area contributed by atoms with Crippen molar-refractivity contribution in [1.82, 2.24) is 10.3 Å². The number of benzene rings is 2. The number of thiazole rings is 1. The lowest BCUT2D eigenvalue weighted by Crippen LogP contribution is -2.45. The zero-order valence-corrected chi connectivity index (χ0v) is 15.9. The fraction of sp³-hybridized carbons (Fsp3) is 0.286. The summed E-state index contributed by atoms with van der Waals surface area (Å²) in [6.45, 7) is 0. The predicted octanol–water partition coefficient (Wildman–Crippen LogP) is 3.65. The molecule has 6 nitrogen and oxygen atoms in total. The number of hydrogen-bond donors (Lipinski definition) is 2. The molecular weight excluding hydrogens is 374 g/mol. The van der Waals surface area contributed by atoms with E-state index in [1.54, 1.807) is 11.3 Å². The normalized spacial score (nSPS) is 23.4. The molecule has 1 aromatic heterocycles. The maximum Gasteiger partial charge on any atom is 0.226 e. The Balaban J connectivity index is 1.21. The summed E-state index contributed by atoms with van der Waals surface area (Å²) in [7, 11) is 0. The summed E-state index contributed by atoms with van der Waals surface area (Å²) >= 11 is 1.59. The molecule has 142 valence electrons. The second-order valence-electron chi connectivity index (χ2n) is 7.26. The highest BCUT2D eigenvalue weighted by Gasteiger charge is 2.38. The minimum absolute atomic E-state index is 0.0128. The van der Waals surface area contributed by atoms with Crippen LogP contribution in [0, 0.1) is 5.92 Å². The largest absolute Gasteiger partial charge is 0.488 e. The number of amides is 2. The van der Waals surface area contributed by atoms with Gasteiger partial charge in [0, 0.05) is 11.6 Å². The van der Waals surface area contributed by atoms with Crippen molar-refractivity contribution < 1.29 is 14.3 Å². The van der Waals surface area contributed by atoms with E-state index in [0.717, 1.165) is 27.2 Å². The van der Waals surface area contributed by atoms with Gasteiger partial charge >= 0.3 is 0 Å². The van der Waals surface area contributed by atoms with Crippen LogP contribution in [0.3, 0.4) is 0 Å². The van der Waals surface area contributed by atoms with Crippen LogP contribution in [0.5, 0.6) is 5.75 Å². The van der Waals surface area contributed by atoms with E-state index in [2.05, 4.69) is 15.6 Å². The molecule has 2 aliphatic rings. The molecule has 1 aliphatic heterocycles. The number of nitrogens with zero attached hydrogens (tertiary/aromatic N) is 1. The van der Waals surface area contributed by atoms with Gasteiger partial charge in [0.15, 0.2) is 0 Å². The van der Waals surface area contributed by atoms with E-state index in [1.807, 2.05) is 48.0 Å². The van der Waals surface area contributed by atoms with Crippen molar-refractivity contribution in [2.75, 3.05) is 5.32 Å². The van der Waals surface area contributed by atoms with Gasteiger partial charge in [0.25, 0.3) is 0 Å². The van der Waals surface area contributed by atoms with Gasteiger partial charge in [-0.3, -0.25) is 9.59 Å². The molecule has 1 saturated carbocycles. The second-order valence-corrected chi connectivity index (χ2v) is 8.15. The molecule has 2 heterocycles. The molecule has 1 aliphatic carbocycles. The van der Waals surface area contributed by atoms with Crippen LogP contribution in [0.15, 0.2) is 48.0 Å². The monoisotopic (exact) mass is 393 g/mol. The van der Waals surface area contributed by atoms with E-state index in [-0.39, 0.29) is 36.3 Å². The third-order valence-electron chi connectivity index (χ3n) is 5.40. The zero-order valence-electron chi connectivity index (χ0n) is 15.1. The van der Waals surface area contributed by atoms with Gasteiger partial charge in [-0.15, -0.1) is 11.3 Å². The average Bonchev–Trinajstić information content (AvgIpc) is 3.13. The number of hydrogen-bond acceptors (Lipinski definition) is 5. The molecule has 0 saturated heterocycles. The molecule has 7 heteroatoms. The summed E-state index contributed by atoms with van der Waals surface area (Å²) in [5.41, 5.74) is 4.42. The molecular formula is C21H19N3O3S. The quantitative estimate of drug-likeness (QED) is 0.709. The van der Waals surface area contributed by atoms with Crippen molar-refractivity contribution in [3.05, 3.63) is 53.5 Å². The van der Waals surface area contributed by atoms with E-state index >= 15 is 0 Å². The molecule has 1 unspecified atom stereocenters. The Morgan fingerprint density at radius 3 is 2.93 bits per heavy atom. The standard InChI is InChI=1S/C21H19N3O3S/c25-19-10-16(14-4-1-2-5-15(14)23-19)24-21(26)12-8-13(9-12)27-17-6-3-7-18-20(17)22-11-28-18/h1-7,11-13,16H,8-10H2,(H,23,25)(H,24,26)/t12-,13-,16?. The van der Waals surface area contributed by atoms with Crippen molar-refractivity contribution in [3.63, 3.8) is 0 Å². The maximum absolute atomic E-state index is 12.7. The average molecular weight is 393 g/mol. The Labute approximate surface area is 165 Å². The number of rotatable bonds is 4. The third kappa shape index (κ3) is 3.11. The minimum atomic E-state index is -0.277. The van der Waals surface area contributed by atoms with Crippen LogP contribution in [0.2, 0.25) is 0 Å². The van der Waals surface area contributed by atoms with Gasteiger partial charge in [0.2, 0.25) is 11.8 Å². The molecule has 0 radical (unpaired) electrons. The van der Waals surface area contributed by atoms with E-state index in [4.69, 9.17) is 4.74 Å². The molecule has 1 fully saturated rings. The molecule has 3 aromatic rings. The molecule has 1 atom stereocenters. The first-order valence-electron chi connectivity index (χ1n) is 9.35. The van der Waals surface area contributed by atoms with Crippen molar-refractivity contribution in [1.29, 1.82) is 0 Å². The van der Waals surface area contributed by atoms with Gasteiger partial charge in [-0.05, 0) is 36.6 Å². The highest BCUT2D eigenvalue weighted by molar-refractivity contribution is 7.16. The Kier molecular flexibility index (Phi) is 4.24. The van der Waals surface area contributed by atoms with E-state index < -0.39 is 0 Å². The van der Waals surface area contributed by atoms with Gasteiger partial charge in [-0.1, -0.05) is 24.3 Å². The number of anilines is 1. The highest BCUT2D eigenvalue weighted by atomic mass is 32.1. The van der Waals surface area contributed by atoms with Crippen LogP contribution in [0.25, 0.3) is 10.2 Å². The number of carbonyl (C=O) groups is 2. The van der Waals surface area contributed by atoms with Crippen LogP contribution in [0.1, 0.15) is 30.9 Å². The lowest BCUT2D eigenvalue weighted by molar-refractivity contribution is -0.131. The summed E-state index contributed by atoms with van der Waals surface area (Å²) < 4.78 is 7.16. The van der Waals surface area contributed by atoms with Crippen LogP contribution in [-0.4, -0.2) is 22.9 Å². The third-order valence-corrected chi connectivity index (χ3v) is 6.19. The van der Waals surface area contributed by atoms with Crippen LogP contribution >= 0.6 is 11.3 Å². The maximum atomic E-state index is 12.7. The first-order valence-corrected chi connectivity index (χ1v) is 10.2. The number of para-hydroxylation sites is 2. The van der Waals surface area contributed by atoms with Gasteiger partial charge < -0.3 is 15.4 Å². The van der Waals surface area contributed by atoms with Gasteiger partial charge in [-0.2, -0.15) is 0 Å². The Hall–Kier alpha value is -2.93. The van der Waals surface area contributed by atoms with Gasteiger partial charge in [0.05, 0.1) is 22.7 Å². The topological polar surface area (TPSA) is 80.3 Å². The summed E-state index contributed by atoms with van der Waals surface area (Å²) in [5.74, 6) is 0.605. The van der Waals surface area contributed by atoms with E-state index in [0.29, 0.717) is 12.8 Å². The van der Waals surface area contributed by atoms with Gasteiger partial charge in [0.1, 0.15) is 17.4 Å². The number of aromatic nitrogens is 1. The van der Waals surface area contributed by atoms with Crippen LogP contribution in [-0.2, 0) is 9.59 Å². The van der Waals surface area contributed by atoms with Crippen molar-refractivity contribution >= 4 is 39.1 Å². The van der Waals surface area contributed by atoms with Crippen molar-refractivity contribution in [3.8, 4) is 5.75 Å². The number of fused-ring (bicyclic) bond motifs is 2. The van der Waals surface area contributed by atoms with E-state index in [1.165, 1.54) is 0 Å². The predicted molar refractivity (Wildman–Crippen MR) is 107 cm³/mol. The molecule has 2 aromatic carbocycles. The van der Waals surface area contributed by atoms with Crippen molar-refractivity contribution in [2.24, 2.45) is 5.92 Å². The first kappa shape index (κ1) is 17.2. The molecule has 5 rings (SSSR count). The summed E-state index contributed by atoms with van der Waals surface area (Å²) in [6.07, 6.45) is 1.63. The first-order chi connectivity index (χ1) is 13.7. The zero-order chi connectivity index (χ0) is 19.1. The van der Waals surface area contributed by atoms with Crippen LogP contribution < -0.4 is 15.4 Å². The Morgan fingerprint density at radius 2 is 2.04 bits per heavy atom. The molecule has 0 spiro atoms. The molecule has 28 heavy (non-hydrogen) atoms. The summed E-state index contributed by atoms with van der Waals surface area (Å²) in [5, 5.41) is 5.90. The summed E-state index contributed by atoms with van der Waals surface area (Å²) in [4.78, 5) is 29.0. The SMILES string of the molecule is O=C1CC(NC(=O)[C@H]2C[C@H](Oc3cccc4scnc34)C2)c2ccccc2N1. The van der Waals surface area contributed by atoms with Crippen LogP contribution in [0.4, 0.5) is 5.69 Å². The van der Waals surface area contributed by atoms with Crippen molar-refractivity contribution in [2.45, 2.75) is 31.4 Å². The lowest BCUT2D eigenvalue weighted by Gasteiger charge is -2.36.